The number of hydrogen-bond acceptors (Lipinski definition) is 3. The Morgan fingerprint density at radius 2 is 2.04 bits per heavy atom. The highest BCUT2D eigenvalue weighted by atomic mass is 79.9. The molecule has 0 saturated heterocycles. The van der Waals surface area contributed by atoms with E-state index in [0.29, 0.717) is 11.7 Å². The van der Waals surface area contributed by atoms with Crippen molar-refractivity contribution < 1.29 is 9.90 Å². The predicted molar refractivity (Wildman–Crippen MR) is 98.6 cm³/mol. The Kier molecular flexibility index (Phi) is 3.72. The summed E-state index contributed by atoms with van der Waals surface area (Å²) >= 11 is 3.50. The van der Waals surface area contributed by atoms with Gasteiger partial charge in [-0.05, 0) is 61.2 Å². The highest BCUT2D eigenvalue weighted by Crippen LogP contribution is 2.51. The summed E-state index contributed by atoms with van der Waals surface area (Å²) in [4.78, 5) is 11.7. The first-order chi connectivity index (χ1) is 11.5. The molecule has 122 valence electrons. The minimum absolute atomic E-state index is 0.0400. The van der Waals surface area contributed by atoms with Gasteiger partial charge in [-0.2, -0.15) is 0 Å². The van der Waals surface area contributed by atoms with Gasteiger partial charge in [0.25, 0.3) is 0 Å². The number of carbonyl (C=O) groups is 1. The van der Waals surface area contributed by atoms with Gasteiger partial charge in [-0.1, -0.05) is 28.1 Å². The third-order valence-electron chi connectivity index (χ3n) is 5.09. The molecule has 1 heterocycles. The van der Waals surface area contributed by atoms with E-state index in [0.717, 1.165) is 27.7 Å². The molecule has 1 aliphatic carbocycles. The van der Waals surface area contributed by atoms with E-state index in [1.54, 1.807) is 13.0 Å². The number of ketones is 1. The molecule has 0 fully saturated rings. The van der Waals surface area contributed by atoms with E-state index in [1.165, 1.54) is 5.56 Å². The van der Waals surface area contributed by atoms with Gasteiger partial charge in [0.2, 0.25) is 0 Å². The number of halogens is 1. The summed E-state index contributed by atoms with van der Waals surface area (Å²) in [7, 11) is 0. The smallest absolute Gasteiger partial charge is 0.159 e. The molecule has 2 aromatic carbocycles. The van der Waals surface area contributed by atoms with Gasteiger partial charge < -0.3 is 10.4 Å². The molecule has 4 rings (SSSR count). The van der Waals surface area contributed by atoms with Crippen molar-refractivity contribution in [3.05, 3.63) is 69.7 Å². The fraction of sp³-hybridized carbons (Fsp3) is 0.250. The third-order valence-corrected chi connectivity index (χ3v) is 5.59. The summed E-state index contributed by atoms with van der Waals surface area (Å²) in [5.41, 5.74) is 3.87. The molecular weight excluding hydrogens is 366 g/mol. The zero-order valence-corrected chi connectivity index (χ0v) is 14.9. The monoisotopic (exact) mass is 383 g/mol. The molecular formula is C20H18BrNO2. The number of allylic oxidation sites excluding steroid dienone is 2. The van der Waals surface area contributed by atoms with E-state index in [9.17, 15) is 9.90 Å². The van der Waals surface area contributed by atoms with Crippen molar-refractivity contribution in [3.63, 3.8) is 0 Å². The van der Waals surface area contributed by atoms with E-state index in [4.69, 9.17) is 0 Å². The Morgan fingerprint density at radius 1 is 1.21 bits per heavy atom. The van der Waals surface area contributed by atoms with Gasteiger partial charge in [0, 0.05) is 27.2 Å². The first kappa shape index (κ1) is 15.5. The van der Waals surface area contributed by atoms with Gasteiger partial charge in [0.1, 0.15) is 5.75 Å². The third kappa shape index (κ3) is 2.46. The molecule has 1 aliphatic heterocycles. The van der Waals surface area contributed by atoms with Crippen LogP contribution in [0.4, 0.5) is 5.69 Å². The van der Waals surface area contributed by atoms with Crippen molar-refractivity contribution in [1.29, 1.82) is 0 Å². The SMILES string of the molecule is CC(=O)c1ccc2c(c1)C1C=CCC1C(c1cc(Br)ccc1O)N2. The number of phenolic OH excluding ortho intramolecular Hbond substituents is 1. The summed E-state index contributed by atoms with van der Waals surface area (Å²) in [5, 5.41) is 13.9. The van der Waals surface area contributed by atoms with Crippen LogP contribution < -0.4 is 5.32 Å². The number of rotatable bonds is 2. The molecule has 0 bridgehead atoms. The highest BCUT2D eigenvalue weighted by molar-refractivity contribution is 9.10. The molecule has 0 saturated carbocycles. The average Bonchev–Trinajstić information content (AvgIpc) is 3.06. The van der Waals surface area contributed by atoms with Crippen LogP contribution in [0.3, 0.4) is 0 Å². The number of fused-ring (bicyclic) bond motifs is 3. The molecule has 3 unspecified atom stereocenters. The molecule has 2 N–H and O–H groups in total. The van der Waals surface area contributed by atoms with Crippen molar-refractivity contribution >= 4 is 27.4 Å². The summed E-state index contributed by atoms with van der Waals surface area (Å²) in [6.45, 7) is 1.60. The van der Waals surface area contributed by atoms with Crippen molar-refractivity contribution in [2.75, 3.05) is 5.32 Å². The van der Waals surface area contributed by atoms with Crippen LogP contribution >= 0.6 is 15.9 Å². The van der Waals surface area contributed by atoms with Crippen LogP contribution in [-0.4, -0.2) is 10.9 Å². The van der Waals surface area contributed by atoms with Crippen LogP contribution in [0.1, 0.15) is 46.8 Å². The highest BCUT2D eigenvalue weighted by Gasteiger charge is 2.39. The zero-order chi connectivity index (χ0) is 16.8. The largest absolute Gasteiger partial charge is 0.508 e. The molecule has 2 aromatic rings. The topological polar surface area (TPSA) is 49.3 Å². The second-order valence-corrected chi connectivity index (χ2v) is 7.45. The average molecular weight is 384 g/mol. The van der Waals surface area contributed by atoms with E-state index in [2.05, 4.69) is 33.4 Å². The lowest BCUT2D eigenvalue weighted by Gasteiger charge is -2.38. The molecule has 0 spiro atoms. The lowest BCUT2D eigenvalue weighted by molar-refractivity contribution is 0.101. The Morgan fingerprint density at radius 3 is 2.83 bits per heavy atom. The van der Waals surface area contributed by atoms with E-state index in [-0.39, 0.29) is 17.7 Å². The zero-order valence-electron chi connectivity index (χ0n) is 13.3. The molecule has 3 nitrogen and oxygen atoms in total. The molecule has 0 radical (unpaired) electrons. The summed E-state index contributed by atoms with van der Waals surface area (Å²) in [6.07, 6.45) is 5.39. The number of aromatic hydroxyl groups is 1. The molecule has 3 atom stereocenters. The van der Waals surface area contributed by atoms with Crippen LogP contribution in [0.5, 0.6) is 5.75 Å². The standard InChI is InChI=1S/C20H18BrNO2/c1-11(23)12-5-7-18-16(9-12)14-3-2-4-15(14)20(22-18)17-10-13(21)6-8-19(17)24/h2-3,5-10,14-15,20,22,24H,4H2,1H3. The van der Waals surface area contributed by atoms with E-state index in [1.807, 2.05) is 30.3 Å². The number of phenols is 1. The minimum Gasteiger partial charge on any atom is -0.508 e. The van der Waals surface area contributed by atoms with Crippen molar-refractivity contribution in [2.45, 2.75) is 25.3 Å². The summed E-state index contributed by atoms with van der Waals surface area (Å²) in [6, 6.07) is 11.5. The second-order valence-electron chi connectivity index (χ2n) is 6.54. The maximum absolute atomic E-state index is 11.7. The van der Waals surface area contributed by atoms with Gasteiger partial charge in [0.05, 0.1) is 6.04 Å². The van der Waals surface area contributed by atoms with Gasteiger partial charge in [-0.25, -0.2) is 0 Å². The predicted octanol–water partition coefficient (Wildman–Crippen LogP) is 5.18. The van der Waals surface area contributed by atoms with Crippen LogP contribution in [-0.2, 0) is 0 Å². The Labute approximate surface area is 149 Å². The normalized spacial score (nSPS) is 24.2. The van der Waals surface area contributed by atoms with Gasteiger partial charge in [0.15, 0.2) is 5.78 Å². The van der Waals surface area contributed by atoms with Crippen LogP contribution in [0, 0.1) is 5.92 Å². The van der Waals surface area contributed by atoms with Crippen molar-refractivity contribution in [2.24, 2.45) is 5.92 Å². The fourth-order valence-electron chi connectivity index (χ4n) is 3.90. The quantitative estimate of drug-likeness (QED) is 0.554. The number of anilines is 1. The van der Waals surface area contributed by atoms with Gasteiger partial charge in [-0.15, -0.1) is 0 Å². The Balaban J connectivity index is 1.81. The van der Waals surface area contributed by atoms with Gasteiger partial charge >= 0.3 is 0 Å². The van der Waals surface area contributed by atoms with E-state index >= 15 is 0 Å². The number of benzene rings is 2. The summed E-state index contributed by atoms with van der Waals surface area (Å²) in [5.74, 6) is 0.997. The molecule has 24 heavy (non-hydrogen) atoms. The van der Waals surface area contributed by atoms with Gasteiger partial charge in [-0.3, -0.25) is 4.79 Å². The summed E-state index contributed by atoms with van der Waals surface area (Å²) < 4.78 is 0.956. The number of hydrogen-bond donors (Lipinski definition) is 2. The lowest BCUT2D eigenvalue weighted by Crippen LogP contribution is -2.29. The maximum Gasteiger partial charge on any atom is 0.159 e. The first-order valence-electron chi connectivity index (χ1n) is 8.11. The molecule has 4 heteroatoms. The van der Waals surface area contributed by atoms with Crippen molar-refractivity contribution in [1.82, 2.24) is 0 Å². The number of Topliss-reactive ketones (excluding diaryl/α,β-unsaturated/α-hetero) is 1. The Hall–Kier alpha value is -2.07. The van der Waals surface area contributed by atoms with Crippen LogP contribution in [0.2, 0.25) is 0 Å². The molecule has 0 aromatic heterocycles. The number of nitrogens with one attached hydrogen (secondary N) is 1. The fourth-order valence-corrected chi connectivity index (χ4v) is 4.27. The Bertz CT molecular complexity index is 859. The second kappa shape index (κ2) is 5.78. The lowest BCUT2D eigenvalue weighted by atomic mass is 9.76. The van der Waals surface area contributed by atoms with Crippen molar-refractivity contribution in [3.8, 4) is 5.75 Å². The molecule has 0 amide bonds. The maximum atomic E-state index is 11.7. The van der Waals surface area contributed by atoms with E-state index < -0.39 is 0 Å². The minimum atomic E-state index is 0.0400. The first-order valence-corrected chi connectivity index (χ1v) is 8.90. The molecule has 2 aliphatic rings. The van der Waals surface area contributed by atoms with Crippen LogP contribution in [0.25, 0.3) is 0 Å². The number of carbonyl (C=O) groups excluding carboxylic acids is 1. The van der Waals surface area contributed by atoms with Crippen LogP contribution in [0.15, 0.2) is 53.0 Å².